The third-order valence-electron chi connectivity index (χ3n) is 3.43. The van der Waals surface area contributed by atoms with Crippen molar-refractivity contribution in [1.29, 1.82) is 0 Å². The van der Waals surface area contributed by atoms with Crippen LogP contribution in [0.1, 0.15) is 33.6 Å². The number of rotatable bonds is 10. The summed E-state index contributed by atoms with van der Waals surface area (Å²) in [5.41, 5.74) is 0.595. The summed E-state index contributed by atoms with van der Waals surface area (Å²) < 4.78 is 38.5. The normalized spacial score (nSPS) is 9.76. The van der Waals surface area contributed by atoms with Crippen molar-refractivity contribution in [2.75, 3.05) is 33.7 Å². The van der Waals surface area contributed by atoms with Crippen molar-refractivity contribution in [2.45, 2.75) is 12.8 Å². The predicted octanol–water partition coefficient (Wildman–Crippen LogP) is 4.33. The monoisotopic (exact) mass is 410 g/mol. The minimum atomic E-state index is -0.999. The van der Waals surface area contributed by atoms with Gasteiger partial charge in [0.1, 0.15) is 11.5 Å². The highest BCUT2D eigenvalue weighted by Gasteiger charge is 2.06. The molecule has 158 valence electrons. The number of methoxy groups -OCH3 is 1. The van der Waals surface area contributed by atoms with Gasteiger partial charge in [-0.1, -0.05) is 12.1 Å². The van der Waals surface area contributed by atoms with E-state index in [1.807, 2.05) is 0 Å². The molecule has 0 atom stereocenters. The summed E-state index contributed by atoms with van der Waals surface area (Å²) >= 11 is 0. The van der Waals surface area contributed by atoms with Gasteiger partial charge < -0.3 is 19.3 Å². The molecule has 0 heterocycles. The van der Waals surface area contributed by atoms with E-state index in [-0.39, 0.29) is 12.2 Å². The molecule has 6 nitrogen and oxygen atoms in total. The third kappa shape index (κ3) is 9.55. The lowest BCUT2D eigenvalue weighted by molar-refractivity contribution is 0.0599. The number of alkyl halides is 2. The summed E-state index contributed by atoms with van der Waals surface area (Å²) in [6, 6.07) is 12.7. The van der Waals surface area contributed by atoms with Gasteiger partial charge in [-0.05, 0) is 36.4 Å². The molecule has 0 saturated heterocycles. The Balaban J connectivity index is 0.000000291. The van der Waals surface area contributed by atoms with Gasteiger partial charge in [-0.15, -0.1) is 0 Å². The molecule has 0 aromatic heterocycles. The van der Waals surface area contributed by atoms with Crippen LogP contribution in [0.25, 0.3) is 0 Å². The highest BCUT2D eigenvalue weighted by Crippen LogP contribution is 2.14. The minimum absolute atomic E-state index is 0.169. The number of carbonyl (C=O) groups is 2. The first-order valence-corrected chi connectivity index (χ1v) is 8.91. The number of hydrogen-bond acceptors (Lipinski definition) is 5. The molecule has 0 radical (unpaired) electrons. The van der Waals surface area contributed by atoms with E-state index in [4.69, 9.17) is 14.6 Å². The molecule has 0 saturated carbocycles. The Morgan fingerprint density at radius 2 is 1.34 bits per heavy atom. The molecule has 8 heteroatoms. The van der Waals surface area contributed by atoms with Crippen LogP contribution in [-0.2, 0) is 4.74 Å². The number of carboxylic acid groups (broad SMARTS) is 1. The summed E-state index contributed by atoms with van der Waals surface area (Å²) in [5.74, 6) is -0.406. The molecular weight excluding hydrogens is 386 g/mol. The van der Waals surface area contributed by atoms with E-state index in [0.717, 1.165) is 0 Å². The SMILES string of the molecule is COC(=O)c1cccc(OCCCF)c1.O=C(O)c1cccc(OCCCF)c1. The maximum absolute atomic E-state index is 11.8. The summed E-state index contributed by atoms with van der Waals surface area (Å²) in [4.78, 5) is 21.7. The van der Waals surface area contributed by atoms with E-state index in [0.29, 0.717) is 36.5 Å². The Morgan fingerprint density at radius 1 is 0.862 bits per heavy atom. The van der Waals surface area contributed by atoms with Crippen molar-refractivity contribution in [1.82, 2.24) is 0 Å². The zero-order valence-corrected chi connectivity index (χ0v) is 16.1. The van der Waals surface area contributed by atoms with Gasteiger partial charge in [0.05, 0.1) is 44.8 Å². The number of halogens is 2. The quantitative estimate of drug-likeness (QED) is 0.464. The van der Waals surface area contributed by atoms with Gasteiger partial charge in [-0.25, -0.2) is 9.59 Å². The van der Waals surface area contributed by atoms with Gasteiger partial charge >= 0.3 is 11.9 Å². The predicted molar refractivity (Wildman–Crippen MR) is 103 cm³/mol. The molecule has 1 N–H and O–H groups in total. The van der Waals surface area contributed by atoms with Gasteiger partial charge in [0, 0.05) is 12.8 Å². The fourth-order valence-corrected chi connectivity index (χ4v) is 2.04. The van der Waals surface area contributed by atoms with E-state index in [9.17, 15) is 18.4 Å². The maximum atomic E-state index is 11.8. The van der Waals surface area contributed by atoms with Crippen LogP contribution in [0.4, 0.5) is 8.78 Å². The van der Waals surface area contributed by atoms with Crippen molar-refractivity contribution < 1.29 is 37.7 Å². The largest absolute Gasteiger partial charge is 0.493 e. The van der Waals surface area contributed by atoms with E-state index in [1.165, 1.54) is 19.2 Å². The molecule has 2 rings (SSSR count). The Labute approximate surface area is 168 Å². The first kappa shape index (κ1) is 23.9. The second kappa shape index (κ2) is 13.9. The molecule has 0 fully saturated rings. The van der Waals surface area contributed by atoms with E-state index < -0.39 is 25.3 Å². The zero-order valence-electron chi connectivity index (χ0n) is 16.1. The lowest BCUT2D eigenvalue weighted by atomic mass is 10.2. The van der Waals surface area contributed by atoms with Crippen LogP contribution in [0.15, 0.2) is 48.5 Å². The Kier molecular flexibility index (Phi) is 11.5. The van der Waals surface area contributed by atoms with Crippen LogP contribution in [0, 0.1) is 0 Å². The summed E-state index contributed by atoms with van der Waals surface area (Å²) in [5, 5.41) is 8.67. The van der Waals surface area contributed by atoms with Crippen molar-refractivity contribution in [3.05, 3.63) is 59.7 Å². The lowest BCUT2D eigenvalue weighted by Gasteiger charge is -2.05. The number of esters is 1. The standard InChI is InChI=1S/C11H13FO3.C10H11FO3/c1-14-11(13)9-4-2-5-10(8-9)15-7-3-6-12;11-5-2-6-14-9-4-1-3-8(7-9)10(12)13/h2,4-5,8H,3,6-7H2,1H3;1,3-4,7H,2,5-6H2,(H,12,13). The van der Waals surface area contributed by atoms with Crippen molar-refractivity contribution in [3.8, 4) is 11.5 Å². The molecule has 0 bridgehead atoms. The maximum Gasteiger partial charge on any atom is 0.337 e. The third-order valence-corrected chi connectivity index (χ3v) is 3.43. The van der Waals surface area contributed by atoms with Crippen molar-refractivity contribution in [3.63, 3.8) is 0 Å². The number of benzene rings is 2. The second-order valence-corrected chi connectivity index (χ2v) is 5.63. The highest BCUT2D eigenvalue weighted by atomic mass is 19.1. The second-order valence-electron chi connectivity index (χ2n) is 5.63. The number of hydrogen-bond donors (Lipinski definition) is 1. The van der Waals surface area contributed by atoms with Gasteiger partial charge in [-0.2, -0.15) is 0 Å². The van der Waals surface area contributed by atoms with Crippen LogP contribution in [0.2, 0.25) is 0 Å². The molecule has 0 amide bonds. The molecule has 2 aromatic carbocycles. The molecular formula is C21H24F2O6. The average Bonchev–Trinajstić information content (AvgIpc) is 2.74. The van der Waals surface area contributed by atoms with Gasteiger partial charge in [-0.3, -0.25) is 8.78 Å². The molecule has 0 aliphatic carbocycles. The number of ether oxygens (including phenoxy) is 3. The van der Waals surface area contributed by atoms with Crippen molar-refractivity contribution >= 4 is 11.9 Å². The number of aromatic carboxylic acids is 1. The summed E-state index contributed by atoms with van der Waals surface area (Å²) in [6.45, 7) is -0.268. The minimum Gasteiger partial charge on any atom is -0.493 e. The summed E-state index contributed by atoms with van der Waals surface area (Å²) in [7, 11) is 1.32. The lowest BCUT2D eigenvalue weighted by Crippen LogP contribution is -2.03. The molecule has 2 aromatic rings. The highest BCUT2D eigenvalue weighted by molar-refractivity contribution is 5.89. The fourth-order valence-electron chi connectivity index (χ4n) is 2.04. The summed E-state index contributed by atoms with van der Waals surface area (Å²) in [6.07, 6.45) is 0.666. The van der Waals surface area contributed by atoms with Gasteiger partial charge in [0.2, 0.25) is 0 Å². The zero-order chi connectivity index (χ0) is 21.5. The van der Waals surface area contributed by atoms with Gasteiger partial charge in [0.25, 0.3) is 0 Å². The smallest absolute Gasteiger partial charge is 0.337 e. The molecule has 29 heavy (non-hydrogen) atoms. The fraction of sp³-hybridized carbons (Fsp3) is 0.333. The van der Waals surface area contributed by atoms with Gasteiger partial charge in [0.15, 0.2) is 0 Å². The first-order chi connectivity index (χ1) is 14.0. The average molecular weight is 410 g/mol. The van der Waals surface area contributed by atoms with Crippen molar-refractivity contribution in [2.24, 2.45) is 0 Å². The van der Waals surface area contributed by atoms with E-state index in [2.05, 4.69) is 4.74 Å². The number of carbonyl (C=O) groups excluding carboxylic acids is 1. The molecule has 0 spiro atoms. The molecule has 0 unspecified atom stereocenters. The molecule has 0 aliphatic heterocycles. The van der Waals surface area contributed by atoms with Crippen LogP contribution < -0.4 is 9.47 Å². The Morgan fingerprint density at radius 3 is 1.79 bits per heavy atom. The van der Waals surface area contributed by atoms with Crippen LogP contribution >= 0.6 is 0 Å². The van der Waals surface area contributed by atoms with Crippen LogP contribution in [0.5, 0.6) is 11.5 Å². The first-order valence-electron chi connectivity index (χ1n) is 8.91. The van der Waals surface area contributed by atoms with Crippen LogP contribution in [0.3, 0.4) is 0 Å². The molecule has 0 aliphatic rings. The number of carboxylic acids is 1. The topological polar surface area (TPSA) is 82.1 Å². The van der Waals surface area contributed by atoms with E-state index >= 15 is 0 Å². The Hall–Kier alpha value is -3.16. The van der Waals surface area contributed by atoms with E-state index in [1.54, 1.807) is 36.4 Å². The Bertz CT molecular complexity index is 766. The van der Waals surface area contributed by atoms with Crippen LogP contribution in [-0.4, -0.2) is 50.7 Å².